The first-order valence-electron chi connectivity index (χ1n) is 10.8. The first-order chi connectivity index (χ1) is 15.6. The molecule has 0 radical (unpaired) electrons. The quantitative estimate of drug-likeness (QED) is 0.590. The molecule has 1 aliphatic rings. The summed E-state index contributed by atoms with van der Waals surface area (Å²) in [4.78, 5) is 41.6. The van der Waals surface area contributed by atoms with Crippen LogP contribution in [0.2, 0.25) is 0 Å². The van der Waals surface area contributed by atoms with Crippen LogP contribution in [0.4, 0.5) is 4.79 Å². The second kappa shape index (κ2) is 10.0. The van der Waals surface area contributed by atoms with Gasteiger partial charge >= 0.3 is 12.0 Å². The summed E-state index contributed by atoms with van der Waals surface area (Å²) < 4.78 is 5.22. The van der Waals surface area contributed by atoms with E-state index < -0.39 is 24.5 Å². The highest BCUT2D eigenvalue weighted by Gasteiger charge is 2.19. The molecule has 7 heteroatoms. The topological polar surface area (TPSA) is 97.4 Å². The Morgan fingerprint density at radius 3 is 2.44 bits per heavy atom. The van der Waals surface area contributed by atoms with Crippen LogP contribution in [-0.2, 0) is 9.53 Å². The van der Waals surface area contributed by atoms with Crippen molar-refractivity contribution in [1.29, 1.82) is 0 Å². The molecule has 2 N–H and O–H groups in total. The third-order valence-corrected chi connectivity index (χ3v) is 5.53. The van der Waals surface area contributed by atoms with Gasteiger partial charge in [0.15, 0.2) is 6.61 Å². The third-order valence-electron chi connectivity index (χ3n) is 5.53. The van der Waals surface area contributed by atoms with Crippen molar-refractivity contribution in [2.75, 3.05) is 6.61 Å². The molecule has 7 nitrogen and oxygen atoms in total. The summed E-state index contributed by atoms with van der Waals surface area (Å²) in [5.74, 6) is -1.32. The molecule has 0 atom stereocenters. The minimum atomic E-state index is -0.673. The molecule has 3 amide bonds. The van der Waals surface area contributed by atoms with Gasteiger partial charge in [0.05, 0.1) is 16.8 Å². The minimum absolute atomic E-state index is 0.0821. The maximum Gasteiger partial charge on any atom is 0.339 e. The number of nitrogens with zero attached hydrogens (tertiary/aromatic N) is 1. The highest BCUT2D eigenvalue weighted by molar-refractivity contribution is 6.05. The number of urea groups is 1. The number of amides is 3. The zero-order valence-electron chi connectivity index (χ0n) is 17.7. The summed E-state index contributed by atoms with van der Waals surface area (Å²) >= 11 is 0. The van der Waals surface area contributed by atoms with E-state index in [4.69, 9.17) is 4.74 Å². The number of carbonyl (C=O) groups is 3. The Bertz CT molecular complexity index is 1120. The lowest BCUT2D eigenvalue weighted by molar-refractivity contribution is -0.123. The summed E-state index contributed by atoms with van der Waals surface area (Å²) in [6, 6.07) is 18.0. The fourth-order valence-corrected chi connectivity index (χ4v) is 3.94. The molecule has 0 bridgehead atoms. The van der Waals surface area contributed by atoms with Gasteiger partial charge in [-0.05, 0) is 25.0 Å². The maximum atomic E-state index is 12.8. The van der Waals surface area contributed by atoms with Gasteiger partial charge in [-0.2, -0.15) is 0 Å². The molecule has 164 valence electrons. The van der Waals surface area contributed by atoms with E-state index in [0.717, 1.165) is 31.2 Å². The number of para-hydroxylation sites is 1. The molecule has 4 rings (SSSR count). The van der Waals surface area contributed by atoms with Gasteiger partial charge in [-0.25, -0.2) is 14.6 Å². The first-order valence-corrected chi connectivity index (χ1v) is 10.8. The van der Waals surface area contributed by atoms with E-state index in [1.165, 1.54) is 6.42 Å². The Hall–Kier alpha value is -3.74. The lowest BCUT2D eigenvalue weighted by atomic mass is 9.96. The van der Waals surface area contributed by atoms with Crippen molar-refractivity contribution in [2.45, 2.75) is 38.1 Å². The van der Waals surface area contributed by atoms with E-state index in [-0.39, 0.29) is 6.04 Å². The molecule has 1 aliphatic carbocycles. The summed E-state index contributed by atoms with van der Waals surface area (Å²) in [5.41, 5.74) is 2.46. The Balaban J connectivity index is 1.43. The molecule has 1 aromatic heterocycles. The molecule has 0 saturated heterocycles. The van der Waals surface area contributed by atoms with Gasteiger partial charge in [-0.3, -0.25) is 10.1 Å². The van der Waals surface area contributed by atoms with Crippen LogP contribution in [0.1, 0.15) is 42.5 Å². The van der Waals surface area contributed by atoms with Crippen LogP contribution in [0.3, 0.4) is 0 Å². The number of esters is 1. The fourth-order valence-electron chi connectivity index (χ4n) is 3.94. The minimum Gasteiger partial charge on any atom is -0.452 e. The monoisotopic (exact) mass is 431 g/mol. The number of nitrogens with one attached hydrogen (secondary N) is 2. The number of ether oxygens (including phenoxy) is 1. The van der Waals surface area contributed by atoms with Gasteiger partial charge in [-0.1, -0.05) is 67.8 Å². The van der Waals surface area contributed by atoms with Crippen LogP contribution in [0.5, 0.6) is 0 Å². The Morgan fingerprint density at radius 2 is 1.66 bits per heavy atom. The second-order valence-electron chi connectivity index (χ2n) is 7.87. The van der Waals surface area contributed by atoms with Crippen LogP contribution in [0, 0.1) is 0 Å². The average molecular weight is 431 g/mol. The summed E-state index contributed by atoms with van der Waals surface area (Å²) in [7, 11) is 0. The summed E-state index contributed by atoms with van der Waals surface area (Å²) in [6.07, 6.45) is 5.14. The molecule has 3 aromatic rings. The Kier molecular flexibility index (Phi) is 6.75. The molecule has 0 spiro atoms. The molecule has 32 heavy (non-hydrogen) atoms. The maximum absolute atomic E-state index is 12.8. The van der Waals surface area contributed by atoms with Crippen molar-refractivity contribution in [3.63, 3.8) is 0 Å². The van der Waals surface area contributed by atoms with Crippen molar-refractivity contribution < 1.29 is 19.1 Å². The van der Waals surface area contributed by atoms with Crippen LogP contribution >= 0.6 is 0 Å². The van der Waals surface area contributed by atoms with Crippen molar-refractivity contribution in [1.82, 2.24) is 15.6 Å². The molecular weight excluding hydrogens is 406 g/mol. The second-order valence-corrected chi connectivity index (χ2v) is 7.87. The zero-order chi connectivity index (χ0) is 22.3. The SMILES string of the molecule is O=C(COC(=O)c1cc(-c2ccccc2)nc2ccccc12)NC(=O)NC1CCCCC1. The van der Waals surface area contributed by atoms with Gasteiger partial charge < -0.3 is 10.1 Å². The van der Waals surface area contributed by atoms with Crippen molar-refractivity contribution in [3.05, 3.63) is 66.2 Å². The van der Waals surface area contributed by atoms with E-state index in [0.29, 0.717) is 22.2 Å². The Labute approximate surface area is 186 Å². The van der Waals surface area contributed by atoms with Gasteiger partial charge in [-0.15, -0.1) is 0 Å². The predicted octanol–water partition coefficient (Wildman–Crippen LogP) is 4.22. The number of fused-ring (bicyclic) bond motifs is 1. The average Bonchev–Trinajstić information content (AvgIpc) is 2.83. The normalized spacial score (nSPS) is 14.0. The molecule has 1 heterocycles. The molecular formula is C25H25N3O4. The van der Waals surface area contributed by atoms with E-state index in [1.807, 2.05) is 48.5 Å². The van der Waals surface area contributed by atoms with Gasteiger partial charge in [0.25, 0.3) is 5.91 Å². The number of imide groups is 1. The van der Waals surface area contributed by atoms with Crippen molar-refractivity contribution in [2.24, 2.45) is 0 Å². The van der Waals surface area contributed by atoms with Gasteiger partial charge in [0.1, 0.15) is 0 Å². The van der Waals surface area contributed by atoms with E-state index in [1.54, 1.807) is 12.1 Å². The Morgan fingerprint density at radius 1 is 0.938 bits per heavy atom. The first kappa shape index (κ1) is 21.5. The predicted molar refractivity (Wildman–Crippen MR) is 121 cm³/mol. The summed E-state index contributed by atoms with van der Waals surface area (Å²) in [6.45, 7) is -0.547. The van der Waals surface area contributed by atoms with E-state index >= 15 is 0 Å². The molecule has 1 saturated carbocycles. The third kappa shape index (κ3) is 5.29. The van der Waals surface area contributed by atoms with Crippen LogP contribution in [0.15, 0.2) is 60.7 Å². The number of aromatic nitrogens is 1. The molecule has 0 unspecified atom stereocenters. The van der Waals surface area contributed by atoms with Crippen LogP contribution in [0.25, 0.3) is 22.2 Å². The number of hydrogen-bond acceptors (Lipinski definition) is 5. The molecule has 1 fully saturated rings. The lowest BCUT2D eigenvalue weighted by Gasteiger charge is -2.22. The standard InChI is InChI=1S/C25H25N3O4/c29-23(28-25(31)26-18-11-5-2-6-12-18)16-32-24(30)20-15-22(17-9-3-1-4-10-17)27-21-14-8-7-13-19(20)21/h1,3-4,7-10,13-15,18H,2,5-6,11-12,16H2,(H2,26,28,29,31). The van der Waals surface area contributed by atoms with Gasteiger partial charge in [0, 0.05) is 17.0 Å². The van der Waals surface area contributed by atoms with Gasteiger partial charge in [0.2, 0.25) is 0 Å². The van der Waals surface area contributed by atoms with Crippen molar-refractivity contribution >= 4 is 28.8 Å². The van der Waals surface area contributed by atoms with Crippen LogP contribution in [-0.4, -0.2) is 35.5 Å². The van der Waals surface area contributed by atoms with Crippen LogP contribution < -0.4 is 10.6 Å². The molecule has 2 aromatic carbocycles. The number of benzene rings is 2. The molecule has 0 aliphatic heterocycles. The number of pyridine rings is 1. The largest absolute Gasteiger partial charge is 0.452 e. The lowest BCUT2D eigenvalue weighted by Crippen LogP contribution is -2.46. The smallest absolute Gasteiger partial charge is 0.339 e. The zero-order valence-corrected chi connectivity index (χ0v) is 17.7. The number of hydrogen-bond donors (Lipinski definition) is 2. The number of rotatable bonds is 5. The van der Waals surface area contributed by atoms with E-state index in [9.17, 15) is 14.4 Å². The highest BCUT2D eigenvalue weighted by atomic mass is 16.5. The van der Waals surface area contributed by atoms with Crippen molar-refractivity contribution in [3.8, 4) is 11.3 Å². The fraction of sp³-hybridized carbons (Fsp3) is 0.280. The van der Waals surface area contributed by atoms with E-state index in [2.05, 4.69) is 15.6 Å². The summed E-state index contributed by atoms with van der Waals surface area (Å²) in [5, 5.41) is 5.66. The highest BCUT2D eigenvalue weighted by Crippen LogP contribution is 2.25. The number of carbonyl (C=O) groups excluding carboxylic acids is 3.